The first kappa shape index (κ1) is 27.9. The highest BCUT2D eigenvalue weighted by molar-refractivity contribution is 6.75. The van der Waals surface area contributed by atoms with Gasteiger partial charge in [0.05, 0.1) is 19.8 Å². The highest BCUT2D eigenvalue weighted by atomic mass is 28.4. The van der Waals surface area contributed by atoms with Gasteiger partial charge in [-0.2, -0.15) is 0 Å². The van der Waals surface area contributed by atoms with Crippen LogP contribution in [-0.4, -0.2) is 35.5 Å². The van der Waals surface area contributed by atoms with E-state index in [1.165, 1.54) is 0 Å². The zero-order chi connectivity index (χ0) is 24.3. The normalized spacial score (nSPS) is 15.8. The fourth-order valence-corrected chi connectivity index (χ4v) is 5.16. The fourth-order valence-electron chi connectivity index (χ4n) is 2.81. The molecule has 0 unspecified atom stereocenters. The summed E-state index contributed by atoms with van der Waals surface area (Å²) in [6, 6.07) is 6.11. The Kier molecular flexibility index (Phi) is 9.23. The molecule has 0 aliphatic carbocycles. The Morgan fingerprint density at radius 2 is 1.52 bits per heavy atom. The lowest BCUT2D eigenvalue weighted by molar-refractivity contribution is 0.143. The minimum atomic E-state index is -2.07. The number of methoxy groups -OCH3 is 1. The van der Waals surface area contributed by atoms with Gasteiger partial charge in [-0.3, -0.25) is 0 Å². The third-order valence-corrected chi connectivity index (χ3v) is 15.7. The zero-order valence-electron chi connectivity index (χ0n) is 21.9. The second-order valence-corrected chi connectivity index (χ2v) is 21.0. The molecule has 0 fully saturated rings. The molecule has 1 aromatic carbocycles. The number of rotatable bonds is 9. The highest BCUT2D eigenvalue weighted by Gasteiger charge is 2.42. The second kappa shape index (κ2) is 10.2. The van der Waals surface area contributed by atoms with Crippen LogP contribution in [-0.2, 0) is 4.43 Å². The van der Waals surface area contributed by atoms with Crippen molar-refractivity contribution in [2.24, 2.45) is 5.92 Å². The third-order valence-electron chi connectivity index (χ3n) is 6.94. The summed E-state index contributed by atoms with van der Waals surface area (Å²) in [4.78, 5) is 0. The molecule has 31 heavy (non-hydrogen) atoms. The molecule has 0 aliphatic heterocycles. The molecule has 0 saturated carbocycles. The first-order valence-electron chi connectivity index (χ1n) is 11.3. The number of benzene rings is 1. The van der Waals surface area contributed by atoms with Crippen molar-refractivity contribution in [1.29, 1.82) is 0 Å². The molecule has 0 aromatic heterocycles. The number of ether oxygens (including phenoxy) is 1. The van der Waals surface area contributed by atoms with Gasteiger partial charge in [-0.05, 0) is 42.3 Å². The predicted octanol–water partition coefficient (Wildman–Crippen LogP) is 7.33. The van der Waals surface area contributed by atoms with Crippen LogP contribution in [0.3, 0.4) is 0 Å². The van der Waals surface area contributed by atoms with E-state index >= 15 is 0 Å². The van der Waals surface area contributed by atoms with Crippen molar-refractivity contribution in [2.75, 3.05) is 13.7 Å². The lowest BCUT2D eigenvalue weighted by atomic mass is 9.96. The number of para-hydroxylation sites is 1. The molecule has 1 rings (SSSR count). The van der Waals surface area contributed by atoms with Crippen molar-refractivity contribution in [3.05, 3.63) is 35.9 Å². The summed E-state index contributed by atoms with van der Waals surface area (Å²) in [6.45, 7) is 24.6. The molecule has 0 radical (unpaired) electrons. The number of aliphatic hydroxyl groups is 1. The van der Waals surface area contributed by atoms with Crippen LogP contribution in [0.1, 0.15) is 60.1 Å². The van der Waals surface area contributed by atoms with Crippen LogP contribution in [0.4, 0.5) is 0 Å². The summed E-state index contributed by atoms with van der Waals surface area (Å²) in [6.07, 6.45) is 3.62. The Hall–Kier alpha value is -1.09. The van der Waals surface area contributed by atoms with E-state index in [4.69, 9.17) is 13.6 Å². The van der Waals surface area contributed by atoms with Crippen molar-refractivity contribution in [2.45, 2.75) is 90.8 Å². The smallest absolute Gasteiger partial charge is 0.250 e. The SMILES string of the molecule is COc1c(O[Si](C)(C)C(C)(C)C)cccc1[C@H](O[Si](C)(C)C(C)(C)C)[C@H](C)/C=C/CO. The maximum atomic E-state index is 9.32. The summed E-state index contributed by atoms with van der Waals surface area (Å²) in [5.41, 5.74) is 0.999. The van der Waals surface area contributed by atoms with Crippen LogP contribution < -0.4 is 9.16 Å². The average Bonchev–Trinajstić information content (AvgIpc) is 2.61. The molecule has 2 atom stereocenters. The van der Waals surface area contributed by atoms with Crippen LogP contribution in [0, 0.1) is 5.92 Å². The minimum Gasteiger partial charge on any atom is -0.541 e. The summed E-state index contributed by atoms with van der Waals surface area (Å²) in [5.74, 6) is 1.60. The first-order chi connectivity index (χ1) is 14.0. The maximum Gasteiger partial charge on any atom is 0.250 e. The maximum absolute atomic E-state index is 9.32. The molecule has 178 valence electrons. The zero-order valence-corrected chi connectivity index (χ0v) is 23.9. The van der Waals surface area contributed by atoms with Crippen LogP contribution in [0.25, 0.3) is 0 Å². The van der Waals surface area contributed by atoms with Gasteiger partial charge < -0.3 is 18.7 Å². The molecule has 0 bridgehead atoms. The van der Waals surface area contributed by atoms with E-state index < -0.39 is 16.6 Å². The van der Waals surface area contributed by atoms with Gasteiger partial charge in [0.2, 0.25) is 0 Å². The van der Waals surface area contributed by atoms with Gasteiger partial charge in [-0.15, -0.1) is 0 Å². The monoisotopic (exact) mass is 466 g/mol. The summed E-state index contributed by atoms with van der Waals surface area (Å²) in [7, 11) is -2.40. The van der Waals surface area contributed by atoms with Crippen molar-refractivity contribution in [1.82, 2.24) is 0 Å². The van der Waals surface area contributed by atoms with Gasteiger partial charge in [0.15, 0.2) is 14.1 Å². The average molecular weight is 467 g/mol. The highest BCUT2D eigenvalue weighted by Crippen LogP contribution is 2.47. The molecule has 4 nitrogen and oxygen atoms in total. The fraction of sp³-hybridized carbons (Fsp3) is 0.680. The summed E-state index contributed by atoms with van der Waals surface area (Å²) < 4.78 is 19.5. The van der Waals surface area contributed by atoms with Gasteiger partial charge in [0.1, 0.15) is 5.75 Å². The van der Waals surface area contributed by atoms with E-state index in [2.05, 4.69) is 80.7 Å². The predicted molar refractivity (Wildman–Crippen MR) is 137 cm³/mol. The molecule has 1 aromatic rings. The van der Waals surface area contributed by atoms with Crippen LogP contribution in [0.5, 0.6) is 11.5 Å². The molecular weight excluding hydrogens is 420 g/mol. The van der Waals surface area contributed by atoms with Crippen molar-refractivity contribution < 1.29 is 18.7 Å². The van der Waals surface area contributed by atoms with Crippen molar-refractivity contribution in [3.8, 4) is 11.5 Å². The van der Waals surface area contributed by atoms with Gasteiger partial charge in [0, 0.05) is 11.5 Å². The first-order valence-corrected chi connectivity index (χ1v) is 17.1. The Balaban J connectivity index is 3.56. The quantitative estimate of drug-likeness (QED) is 0.306. The molecule has 0 heterocycles. The number of aliphatic hydroxyl groups excluding tert-OH is 1. The van der Waals surface area contributed by atoms with Gasteiger partial charge in [0.25, 0.3) is 8.32 Å². The second-order valence-electron chi connectivity index (χ2n) is 11.5. The van der Waals surface area contributed by atoms with Crippen molar-refractivity contribution >= 4 is 16.6 Å². The summed E-state index contributed by atoms with van der Waals surface area (Å²) in [5, 5.41) is 9.48. The van der Waals surface area contributed by atoms with E-state index in [1.54, 1.807) is 13.2 Å². The van der Waals surface area contributed by atoms with E-state index in [9.17, 15) is 5.11 Å². The summed E-state index contributed by atoms with van der Waals surface area (Å²) >= 11 is 0. The van der Waals surface area contributed by atoms with Crippen molar-refractivity contribution in [3.63, 3.8) is 0 Å². The van der Waals surface area contributed by atoms with Gasteiger partial charge in [-0.25, -0.2) is 0 Å². The van der Waals surface area contributed by atoms with Gasteiger partial charge in [-0.1, -0.05) is 72.8 Å². The molecule has 1 N–H and O–H groups in total. The molecule has 0 amide bonds. The lowest BCUT2D eigenvalue weighted by Gasteiger charge is -2.41. The standard InChI is InChI=1S/C25H46O4Si2/c1-19(15-14-18-26)22(29-31(11,12)25(5,6)7)20-16-13-17-21(23(20)27-8)28-30(9,10)24(2,3)4/h13-17,19,22,26H,18H2,1-12H3/b15-14+/t19-,22-/m1/s1. The molecule has 0 aliphatic rings. The molecular formula is C25H46O4Si2. The Morgan fingerprint density at radius 1 is 0.968 bits per heavy atom. The third kappa shape index (κ3) is 6.95. The van der Waals surface area contributed by atoms with Crippen LogP contribution in [0.2, 0.25) is 36.3 Å². The Bertz CT molecular complexity index is 743. The molecule has 6 heteroatoms. The largest absolute Gasteiger partial charge is 0.541 e. The Morgan fingerprint density at radius 3 is 1.97 bits per heavy atom. The molecule has 0 spiro atoms. The van der Waals surface area contributed by atoms with E-state index in [0.29, 0.717) is 0 Å². The number of hydrogen-bond acceptors (Lipinski definition) is 4. The topological polar surface area (TPSA) is 47.9 Å². The Labute approximate surface area is 193 Å². The van der Waals surface area contributed by atoms with E-state index in [-0.39, 0.29) is 28.7 Å². The van der Waals surface area contributed by atoms with Crippen LogP contribution >= 0.6 is 0 Å². The minimum absolute atomic E-state index is 0.0167. The molecule has 0 saturated heterocycles. The van der Waals surface area contributed by atoms with E-state index in [1.807, 2.05) is 18.2 Å². The van der Waals surface area contributed by atoms with E-state index in [0.717, 1.165) is 17.1 Å². The van der Waals surface area contributed by atoms with Gasteiger partial charge >= 0.3 is 0 Å². The van der Waals surface area contributed by atoms with Crippen LogP contribution in [0.15, 0.2) is 30.4 Å². The number of hydrogen-bond donors (Lipinski definition) is 1. The lowest BCUT2D eigenvalue weighted by Crippen LogP contribution is -2.44.